The molecule has 0 radical (unpaired) electrons. The summed E-state index contributed by atoms with van der Waals surface area (Å²) < 4.78 is 0. The van der Waals surface area contributed by atoms with Gasteiger partial charge < -0.3 is 5.32 Å². The number of imide groups is 1. The number of nitrogens with zero attached hydrogens (tertiary/aromatic N) is 1. The largest absolute Gasteiger partial charge is 0.350 e. The highest BCUT2D eigenvalue weighted by atomic mass is 16.2. The Morgan fingerprint density at radius 1 is 0.700 bits per heavy atom. The number of carbonyl (C=O) groups is 2. The van der Waals surface area contributed by atoms with E-state index in [9.17, 15) is 9.59 Å². The van der Waals surface area contributed by atoms with Gasteiger partial charge in [0, 0.05) is 5.69 Å². The summed E-state index contributed by atoms with van der Waals surface area (Å²) in [4.78, 5) is 28.3. The maximum absolute atomic E-state index is 13.6. The third kappa shape index (κ3) is 3.41. The van der Waals surface area contributed by atoms with Crippen LogP contribution < -0.4 is 10.2 Å². The van der Waals surface area contributed by atoms with Gasteiger partial charge in [-0.3, -0.25) is 9.59 Å². The van der Waals surface area contributed by atoms with Crippen molar-refractivity contribution in [2.75, 3.05) is 10.2 Å². The van der Waals surface area contributed by atoms with E-state index < -0.39 is 0 Å². The number of hydrogen-bond acceptors (Lipinski definition) is 3. The number of amides is 2. The highest BCUT2D eigenvalue weighted by molar-refractivity contribution is 6.46. The fourth-order valence-corrected chi connectivity index (χ4v) is 3.80. The quantitative estimate of drug-likeness (QED) is 0.608. The molecule has 0 aromatic heterocycles. The van der Waals surface area contributed by atoms with Crippen LogP contribution in [-0.2, 0) is 9.59 Å². The minimum atomic E-state index is -0.343. The van der Waals surface area contributed by atoms with Gasteiger partial charge in [-0.15, -0.1) is 0 Å². The summed E-state index contributed by atoms with van der Waals surface area (Å²) in [6.07, 6.45) is 0. The molecule has 150 valence electrons. The standard InChI is InChI=1S/C26H24N2O2/c1-16-9-12-20(13-10-16)27-24-23(21-14-11-17(2)15-19(21)4)25(29)28(26(24)30)22-8-6-5-7-18(22)3/h5-15,27H,1-4H3. The molecule has 1 N–H and O–H groups in total. The van der Waals surface area contributed by atoms with E-state index in [1.807, 2.05) is 88.4 Å². The van der Waals surface area contributed by atoms with Crippen molar-refractivity contribution in [3.05, 3.63) is 100 Å². The van der Waals surface area contributed by atoms with Crippen LogP contribution in [0.5, 0.6) is 0 Å². The molecule has 0 bridgehead atoms. The molecule has 3 aromatic rings. The lowest BCUT2D eigenvalue weighted by Crippen LogP contribution is -2.33. The first-order chi connectivity index (χ1) is 14.4. The Morgan fingerprint density at radius 2 is 1.37 bits per heavy atom. The summed E-state index contributed by atoms with van der Waals surface area (Å²) in [5, 5.41) is 3.23. The maximum atomic E-state index is 13.6. The molecule has 4 heteroatoms. The molecule has 1 aliphatic rings. The summed E-state index contributed by atoms with van der Waals surface area (Å²) in [5.41, 5.74) is 6.92. The second-order valence-electron chi connectivity index (χ2n) is 7.79. The van der Waals surface area contributed by atoms with Gasteiger partial charge in [-0.05, 0) is 62.6 Å². The van der Waals surface area contributed by atoms with Crippen molar-refractivity contribution >= 4 is 28.8 Å². The molecule has 0 aliphatic carbocycles. The molecule has 0 spiro atoms. The Hall–Kier alpha value is -3.66. The van der Waals surface area contributed by atoms with Crippen molar-refractivity contribution in [1.29, 1.82) is 0 Å². The fraction of sp³-hybridized carbons (Fsp3) is 0.154. The number of nitrogens with one attached hydrogen (secondary N) is 1. The minimum absolute atomic E-state index is 0.305. The number of para-hydroxylation sites is 1. The predicted molar refractivity (Wildman–Crippen MR) is 121 cm³/mol. The molecule has 2 amide bonds. The van der Waals surface area contributed by atoms with Gasteiger partial charge in [-0.1, -0.05) is 59.7 Å². The number of aryl methyl sites for hydroxylation is 4. The maximum Gasteiger partial charge on any atom is 0.282 e. The summed E-state index contributed by atoms with van der Waals surface area (Å²) in [5.74, 6) is -0.652. The van der Waals surface area contributed by atoms with Gasteiger partial charge in [-0.2, -0.15) is 0 Å². The number of anilines is 2. The van der Waals surface area contributed by atoms with E-state index >= 15 is 0 Å². The van der Waals surface area contributed by atoms with Crippen LogP contribution in [0.1, 0.15) is 27.8 Å². The third-order valence-electron chi connectivity index (χ3n) is 5.41. The van der Waals surface area contributed by atoms with Crippen molar-refractivity contribution in [3.8, 4) is 0 Å². The van der Waals surface area contributed by atoms with Gasteiger partial charge >= 0.3 is 0 Å². The van der Waals surface area contributed by atoms with Crippen LogP contribution in [0.4, 0.5) is 11.4 Å². The van der Waals surface area contributed by atoms with Crippen molar-refractivity contribution in [1.82, 2.24) is 0 Å². The Kier molecular flexibility index (Phi) is 5.00. The molecular formula is C26H24N2O2. The molecule has 0 saturated heterocycles. The zero-order valence-corrected chi connectivity index (χ0v) is 17.6. The lowest BCUT2D eigenvalue weighted by molar-refractivity contribution is -0.120. The first kappa shape index (κ1) is 19.6. The van der Waals surface area contributed by atoms with E-state index in [0.717, 1.165) is 33.5 Å². The Bertz CT molecular complexity index is 1190. The highest BCUT2D eigenvalue weighted by Crippen LogP contribution is 2.36. The van der Waals surface area contributed by atoms with Crippen molar-refractivity contribution < 1.29 is 9.59 Å². The summed E-state index contributed by atoms with van der Waals surface area (Å²) in [7, 11) is 0. The average Bonchev–Trinajstić information content (AvgIpc) is 2.94. The fourth-order valence-electron chi connectivity index (χ4n) is 3.80. The van der Waals surface area contributed by atoms with Crippen LogP contribution >= 0.6 is 0 Å². The second-order valence-corrected chi connectivity index (χ2v) is 7.79. The summed E-state index contributed by atoms with van der Waals surface area (Å²) in [6, 6.07) is 21.1. The predicted octanol–water partition coefficient (Wildman–Crippen LogP) is 5.32. The smallest absolute Gasteiger partial charge is 0.282 e. The molecule has 0 unspecified atom stereocenters. The Labute approximate surface area is 176 Å². The molecule has 1 aliphatic heterocycles. The van der Waals surface area contributed by atoms with Crippen molar-refractivity contribution in [3.63, 3.8) is 0 Å². The number of rotatable bonds is 4. The van der Waals surface area contributed by atoms with Crippen LogP contribution in [0, 0.1) is 27.7 Å². The molecule has 3 aromatic carbocycles. The Morgan fingerprint density at radius 3 is 2.03 bits per heavy atom. The zero-order valence-electron chi connectivity index (χ0n) is 17.6. The minimum Gasteiger partial charge on any atom is -0.350 e. The van der Waals surface area contributed by atoms with Crippen LogP contribution in [0.25, 0.3) is 5.57 Å². The normalized spacial score (nSPS) is 13.9. The molecule has 0 saturated carbocycles. The molecule has 4 nitrogen and oxygen atoms in total. The van der Waals surface area contributed by atoms with Gasteiger partial charge in [0.25, 0.3) is 11.8 Å². The van der Waals surface area contributed by atoms with Gasteiger partial charge in [0.15, 0.2) is 0 Å². The van der Waals surface area contributed by atoms with Gasteiger partial charge in [0.1, 0.15) is 5.70 Å². The van der Waals surface area contributed by atoms with Gasteiger partial charge in [0.05, 0.1) is 11.3 Å². The highest BCUT2D eigenvalue weighted by Gasteiger charge is 2.41. The van der Waals surface area contributed by atoms with E-state index in [-0.39, 0.29) is 11.8 Å². The van der Waals surface area contributed by atoms with Crippen molar-refractivity contribution in [2.24, 2.45) is 0 Å². The van der Waals surface area contributed by atoms with E-state index in [0.29, 0.717) is 17.0 Å². The zero-order chi connectivity index (χ0) is 21.4. The van der Waals surface area contributed by atoms with Crippen LogP contribution in [0.15, 0.2) is 72.4 Å². The van der Waals surface area contributed by atoms with E-state index in [1.54, 1.807) is 6.07 Å². The molecule has 1 heterocycles. The second kappa shape index (κ2) is 7.64. The van der Waals surface area contributed by atoms with Crippen molar-refractivity contribution in [2.45, 2.75) is 27.7 Å². The number of carbonyl (C=O) groups excluding carboxylic acids is 2. The molecule has 0 atom stereocenters. The van der Waals surface area contributed by atoms with Crippen LogP contribution in [0.3, 0.4) is 0 Å². The molecule has 0 fully saturated rings. The lowest BCUT2D eigenvalue weighted by atomic mass is 9.97. The Balaban J connectivity index is 1.87. The average molecular weight is 396 g/mol. The third-order valence-corrected chi connectivity index (χ3v) is 5.41. The SMILES string of the molecule is Cc1ccc(NC2=C(c3ccc(C)cc3C)C(=O)N(c3ccccc3C)C2=O)cc1. The summed E-state index contributed by atoms with van der Waals surface area (Å²) in [6.45, 7) is 7.89. The van der Waals surface area contributed by atoms with E-state index in [2.05, 4.69) is 5.32 Å². The van der Waals surface area contributed by atoms with Crippen LogP contribution in [-0.4, -0.2) is 11.8 Å². The first-order valence-corrected chi connectivity index (χ1v) is 9.97. The number of benzene rings is 3. The molecule has 30 heavy (non-hydrogen) atoms. The monoisotopic (exact) mass is 396 g/mol. The van der Waals surface area contributed by atoms with Gasteiger partial charge in [-0.25, -0.2) is 4.90 Å². The lowest BCUT2D eigenvalue weighted by Gasteiger charge is -2.18. The van der Waals surface area contributed by atoms with Crippen LogP contribution in [0.2, 0.25) is 0 Å². The number of hydrogen-bond donors (Lipinski definition) is 1. The topological polar surface area (TPSA) is 49.4 Å². The van der Waals surface area contributed by atoms with Gasteiger partial charge in [0.2, 0.25) is 0 Å². The van der Waals surface area contributed by atoms with E-state index in [1.165, 1.54) is 4.90 Å². The first-order valence-electron chi connectivity index (χ1n) is 9.97. The molecular weight excluding hydrogens is 372 g/mol. The molecule has 4 rings (SSSR count). The summed E-state index contributed by atoms with van der Waals surface area (Å²) >= 11 is 0. The van der Waals surface area contributed by atoms with E-state index in [4.69, 9.17) is 0 Å².